The monoisotopic (exact) mass is 351 g/mol. The minimum absolute atomic E-state index is 0.237. The predicted molar refractivity (Wildman–Crippen MR) is 93.6 cm³/mol. The van der Waals surface area contributed by atoms with E-state index in [2.05, 4.69) is 15.3 Å². The number of aromatic amines is 1. The van der Waals surface area contributed by atoms with Crippen LogP contribution < -0.4 is 5.32 Å². The number of imidazole rings is 1. The molecule has 0 radical (unpaired) electrons. The number of hydrogen-bond donors (Lipinski definition) is 4. The summed E-state index contributed by atoms with van der Waals surface area (Å²) in [6.07, 6.45) is 0.124. The molecule has 1 aromatic heterocycles. The van der Waals surface area contributed by atoms with Crippen LogP contribution in [0.1, 0.15) is 44.2 Å². The molecule has 3 rings (SSSR count). The molecule has 2 aromatic carbocycles. The van der Waals surface area contributed by atoms with E-state index in [9.17, 15) is 14.7 Å². The molecule has 0 unspecified atom stereocenters. The zero-order chi connectivity index (χ0) is 18.5. The minimum atomic E-state index is -1.28. The quantitative estimate of drug-likeness (QED) is 0.544. The first kappa shape index (κ1) is 17.4. The Kier molecular flexibility index (Phi) is 5.09. The summed E-state index contributed by atoms with van der Waals surface area (Å²) in [5.74, 6) is -1.97. The van der Waals surface area contributed by atoms with Crippen molar-refractivity contribution in [1.82, 2.24) is 15.3 Å². The third-order valence-electron chi connectivity index (χ3n) is 3.97. The van der Waals surface area contributed by atoms with Crippen LogP contribution >= 0.6 is 0 Å². The van der Waals surface area contributed by atoms with Gasteiger partial charge >= 0.3 is 5.97 Å². The molecular weight excluding hydrogens is 334 g/mol. The van der Waals surface area contributed by atoms with Crippen LogP contribution in [-0.4, -0.2) is 32.1 Å². The minimum Gasteiger partial charge on any atom is -0.477 e. The molecule has 3 aromatic rings. The van der Waals surface area contributed by atoms with Crippen molar-refractivity contribution in [3.05, 3.63) is 89.5 Å². The van der Waals surface area contributed by atoms with Crippen LogP contribution in [-0.2, 0) is 0 Å². The van der Waals surface area contributed by atoms with Gasteiger partial charge < -0.3 is 20.5 Å². The lowest BCUT2D eigenvalue weighted by molar-refractivity contribution is 0.0681. The van der Waals surface area contributed by atoms with E-state index in [-0.39, 0.29) is 11.4 Å². The number of carbonyl (C=O) groups excluding carboxylic acids is 1. The molecule has 1 amide bonds. The van der Waals surface area contributed by atoms with E-state index in [0.29, 0.717) is 11.1 Å². The largest absolute Gasteiger partial charge is 0.477 e. The van der Waals surface area contributed by atoms with E-state index in [1.165, 1.54) is 0 Å². The Labute approximate surface area is 149 Å². The maximum Gasteiger partial charge on any atom is 0.354 e. The Balaban J connectivity index is 1.93. The van der Waals surface area contributed by atoms with Crippen LogP contribution in [0.25, 0.3) is 0 Å². The Bertz CT molecular complexity index is 893. The van der Waals surface area contributed by atoms with Gasteiger partial charge in [-0.25, -0.2) is 9.78 Å². The normalized spacial score (nSPS) is 13.0. The summed E-state index contributed by atoms with van der Waals surface area (Å²) >= 11 is 0. The molecule has 0 fully saturated rings. The third-order valence-corrected chi connectivity index (χ3v) is 3.97. The molecule has 0 spiro atoms. The second-order valence-electron chi connectivity index (χ2n) is 5.65. The van der Waals surface area contributed by atoms with Gasteiger partial charge in [-0.1, -0.05) is 60.7 Å². The van der Waals surface area contributed by atoms with E-state index in [1.807, 2.05) is 12.1 Å². The number of nitrogens with zero attached hydrogens (tertiary/aromatic N) is 1. The number of benzene rings is 2. The highest BCUT2D eigenvalue weighted by Crippen LogP contribution is 2.29. The highest BCUT2D eigenvalue weighted by molar-refractivity contribution is 6.02. The molecule has 0 aliphatic heterocycles. The average Bonchev–Trinajstić information content (AvgIpc) is 3.17. The zero-order valence-corrected chi connectivity index (χ0v) is 13.7. The lowest BCUT2D eigenvalue weighted by Crippen LogP contribution is -2.33. The number of rotatable bonds is 6. The van der Waals surface area contributed by atoms with Crippen molar-refractivity contribution < 1.29 is 19.8 Å². The molecule has 7 nitrogen and oxygen atoms in total. The van der Waals surface area contributed by atoms with E-state index < -0.39 is 24.0 Å². The van der Waals surface area contributed by atoms with E-state index in [1.54, 1.807) is 48.5 Å². The molecule has 7 heteroatoms. The Morgan fingerprint density at radius 3 is 2.12 bits per heavy atom. The van der Waals surface area contributed by atoms with Crippen molar-refractivity contribution in [2.24, 2.45) is 0 Å². The molecule has 26 heavy (non-hydrogen) atoms. The van der Waals surface area contributed by atoms with Gasteiger partial charge in [0.05, 0.1) is 12.4 Å². The number of H-pyrrole nitrogens is 1. The second-order valence-corrected chi connectivity index (χ2v) is 5.65. The number of carboxylic acid groups (broad SMARTS) is 1. The van der Waals surface area contributed by atoms with Crippen molar-refractivity contribution in [3.8, 4) is 0 Å². The van der Waals surface area contributed by atoms with Crippen molar-refractivity contribution in [2.75, 3.05) is 0 Å². The molecule has 0 saturated carbocycles. The predicted octanol–water partition coefficient (Wildman–Crippen LogP) is 2.31. The first-order valence-electron chi connectivity index (χ1n) is 7.93. The van der Waals surface area contributed by atoms with Gasteiger partial charge in [-0.05, 0) is 11.1 Å². The van der Waals surface area contributed by atoms with Gasteiger partial charge in [-0.3, -0.25) is 4.79 Å². The molecule has 0 bridgehead atoms. The van der Waals surface area contributed by atoms with Gasteiger partial charge in [0.25, 0.3) is 5.91 Å². The number of aliphatic hydroxyl groups excluding tert-OH is 1. The van der Waals surface area contributed by atoms with Gasteiger partial charge in [-0.15, -0.1) is 0 Å². The number of hydrogen-bond acceptors (Lipinski definition) is 4. The molecule has 0 aliphatic carbocycles. The van der Waals surface area contributed by atoms with Crippen LogP contribution in [0.15, 0.2) is 67.0 Å². The molecule has 132 valence electrons. The van der Waals surface area contributed by atoms with Crippen LogP contribution in [0.2, 0.25) is 0 Å². The van der Waals surface area contributed by atoms with E-state index in [4.69, 9.17) is 5.11 Å². The summed E-state index contributed by atoms with van der Waals surface area (Å²) in [6, 6.07) is 17.1. The SMILES string of the molecule is O=C(N[C@@H](c1ccccc1)[C@H](O)c1ccccc1)c1nc[nH]c1C(=O)O. The summed E-state index contributed by atoms with van der Waals surface area (Å²) in [5.41, 5.74) is 0.772. The van der Waals surface area contributed by atoms with Crippen molar-refractivity contribution in [2.45, 2.75) is 12.1 Å². The van der Waals surface area contributed by atoms with Crippen LogP contribution in [0, 0.1) is 0 Å². The number of carbonyl (C=O) groups is 2. The fourth-order valence-corrected chi connectivity index (χ4v) is 2.69. The maximum absolute atomic E-state index is 12.6. The van der Waals surface area contributed by atoms with Gasteiger partial charge in [0.1, 0.15) is 6.10 Å². The molecule has 2 atom stereocenters. The summed E-state index contributed by atoms with van der Waals surface area (Å²) in [7, 11) is 0. The number of carboxylic acids is 1. The number of amides is 1. The smallest absolute Gasteiger partial charge is 0.354 e. The van der Waals surface area contributed by atoms with Crippen LogP contribution in [0.5, 0.6) is 0 Å². The number of aromatic nitrogens is 2. The standard InChI is InChI=1S/C19H17N3O4/c23-17(13-9-5-2-6-10-13)14(12-7-3-1-4-8-12)22-18(24)15-16(19(25)26)21-11-20-15/h1-11,14,17,23H,(H,20,21)(H,22,24)(H,25,26)/t14-,17+/m0/s1. The second kappa shape index (κ2) is 7.62. The molecule has 0 aliphatic rings. The van der Waals surface area contributed by atoms with E-state index >= 15 is 0 Å². The van der Waals surface area contributed by atoms with Crippen LogP contribution in [0.4, 0.5) is 0 Å². The zero-order valence-electron chi connectivity index (χ0n) is 13.7. The van der Waals surface area contributed by atoms with Gasteiger partial charge in [0, 0.05) is 0 Å². The first-order valence-corrected chi connectivity index (χ1v) is 7.93. The number of aromatic carboxylic acids is 1. The van der Waals surface area contributed by atoms with Crippen molar-refractivity contribution in [1.29, 1.82) is 0 Å². The van der Waals surface area contributed by atoms with Gasteiger partial charge in [-0.2, -0.15) is 0 Å². The highest BCUT2D eigenvalue weighted by Gasteiger charge is 2.28. The lowest BCUT2D eigenvalue weighted by atomic mass is 9.95. The average molecular weight is 351 g/mol. The maximum atomic E-state index is 12.6. The number of nitrogens with one attached hydrogen (secondary N) is 2. The fourth-order valence-electron chi connectivity index (χ4n) is 2.69. The first-order chi connectivity index (χ1) is 12.6. The summed E-state index contributed by atoms with van der Waals surface area (Å²) in [6.45, 7) is 0. The topological polar surface area (TPSA) is 115 Å². The van der Waals surface area contributed by atoms with Crippen LogP contribution in [0.3, 0.4) is 0 Å². The highest BCUT2D eigenvalue weighted by atomic mass is 16.4. The lowest BCUT2D eigenvalue weighted by Gasteiger charge is -2.25. The molecule has 1 heterocycles. The molecule has 4 N–H and O–H groups in total. The Morgan fingerprint density at radius 2 is 1.54 bits per heavy atom. The van der Waals surface area contributed by atoms with Gasteiger partial charge in [0.2, 0.25) is 0 Å². The molecular formula is C19H17N3O4. The van der Waals surface area contributed by atoms with Crippen molar-refractivity contribution >= 4 is 11.9 Å². The third kappa shape index (κ3) is 3.62. The molecule has 0 saturated heterocycles. The Hall–Kier alpha value is -3.45. The summed E-state index contributed by atoms with van der Waals surface area (Å²) in [4.78, 5) is 30.0. The van der Waals surface area contributed by atoms with E-state index in [0.717, 1.165) is 6.33 Å². The summed E-state index contributed by atoms with van der Waals surface area (Å²) < 4.78 is 0. The number of aliphatic hydroxyl groups is 1. The van der Waals surface area contributed by atoms with Gasteiger partial charge in [0.15, 0.2) is 11.4 Å². The Morgan fingerprint density at radius 1 is 0.962 bits per heavy atom. The summed E-state index contributed by atoms with van der Waals surface area (Å²) in [5, 5.41) is 22.6. The van der Waals surface area contributed by atoms with Crippen molar-refractivity contribution in [3.63, 3.8) is 0 Å². The fraction of sp³-hybridized carbons (Fsp3) is 0.105.